The van der Waals surface area contributed by atoms with Gasteiger partial charge in [0.1, 0.15) is 11.6 Å². The molecule has 0 aliphatic rings. The van der Waals surface area contributed by atoms with E-state index in [9.17, 15) is 4.79 Å². The van der Waals surface area contributed by atoms with Gasteiger partial charge in [-0.2, -0.15) is 0 Å². The van der Waals surface area contributed by atoms with Crippen molar-refractivity contribution in [1.29, 1.82) is 0 Å². The molecule has 8 nitrogen and oxygen atoms in total. The predicted octanol–water partition coefficient (Wildman–Crippen LogP) is 2.52. The Morgan fingerprint density at radius 2 is 1.75 bits per heavy atom. The lowest BCUT2D eigenvalue weighted by atomic mass is 10.2. The second-order valence-electron chi connectivity index (χ2n) is 6.27. The highest BCUT2D eigenvalue weighted by molar-refractivity contribution is 5.95. The van der Waals surface area contributed by atoms with E-state index in [2.05, 4.69) is 31.1 Å². The third-order valence-electron chi connectivity index (χ3n) is 3.93. The van der Waals surface area contributed by atoms with Gasteiger partial charge in [0, 0.05) is 44.6 Å². The maximum atomic E-state index is 12.2. The van der Waals surface area contributed by atoms with E-state index in [1.54, 1.807) is 12.3 Å². The first-order valence-corrected chi connectivity index (χ1v) is 8.93. The van der Waals surface area contributed by atoms with Gasteiger partial charge in [-0.25, -0.2) is 4.98 Å². The number of carbonyl (C=O) groups excluding carboxylic acids is 1. The average molecular weight is 377 g/mol. The van der Waals surface area contributed by atoms with Crippen LogP contribution in [0.4, 0.5) is 23.1 Å². The van der Waals surface area contributed by atoms with Crippen LogP contribution in [-0.2, 0) is 0 Å². The van der Waals surface area contributed by atoms with E-state index in [0.29, 0.717) is 36.1 Å². The van der Waals surface area contributed by atoms with Crippen LogP contribution in [0.5, 0.6) is 0 Å². The topological polar surface area (TPSA) is 95.1 Å². The Morgan fingerprint density at radius 3 is 2.46 bits per heavy atom. The van der Waals surface area contributed by atoms with E-state index in [1.165, 1.54) is 0 Å². The Hall–Kier alpha value is -3.68. The van der Waals surface area contributed by atoms with Crippen molar-refractivity contribution in [2.24, 2.45) is 0 Å². The van der Waals surface area contributed by atoms with Crippen molar-refractivity contribution in [3.8, 4) is 0 Å². The van der Waals surface area contributed by atoms with Crippen molar-refractivity contribution in [2.45, 2.75) is 0 Å². The van der Waals surface area contributed by atoms with Crippen LogP contribution in [0.15, 0.2) is 60.8 Å². The molecular weight excluding hydrogens is 354 g/mol. The minimum atomic E-state index is -0.105. The first-order chi connectivity index (χ1) is 13.6. The molecule has 0 bridgehead atoms. The second-order valence-corrected chi connectivity index (χ2v) is 6.27. The number of aromatic nitrogens is 3. The fourth-order valence-electron chi connectivity index (χ4n) is 2.46. The summed E-state index contributed by atoms with van der Waals surface area (Å²) in [5, 5.41) is 17.3. The predicted molar refractivity (Wildman–Crippen MR) is 111 cm³/mol. The molecule has 144 valence electrons. The summed E-state index contributed by atoms with van der Waals surface area (Å²) in [6.45, 7) is 1.02. The van der Waals surface area contributed by atoms with E-state index in [4.69, 9.17) is 0 Å². The van der Waals surface area contributed by atoms with Gasteiger partial charge >= 0.3 is 0 Å². The zero-order valence-electron chi connectivity index (χ0n) is 15.9. The molecule has 0 fully saturated rings. The maximum absolute atomic E-state index is 12.2. The van der Waals surface area contributed by atoms with E-state index in [-0.39, 0.29) is 5.91 Å². The molecule has 0 saturated carbocycles. The number of nitrogens with one attached hydrogen (secondary N) is 3. The smallest absolute Gasteiger partial charge is 0.251 e. The van der Waals surface area contributed by atoms with Crippen LogP contribution in [0, 0.1) is 0 Å². The zero-order chi connectivity index (χ0) is 19.8. The van der Waals surface area contributed by atoms with Gasteiger partial charge in [0.15, 0.2) is 5.82 Å². The van der Waals surface area contributed by atoms with E-state index in [0.717, 1.165) is 5.69 Å². The molecule has 0 aliphatic heterocycles. The summed E-state index contributed by atoms with van der Waals surface area (Å²) in [6.07, 6.45) is 1.71. The Labute approximate surface area is 164 Å². The minimum absolute atomic E-state index is 0.105. The molecular formula is C20H23N7O. The van der Waals surface area contributed by atoms with Gasteiger partial charge in [-0.05, 0) is 42.5 Å². The Morgan fingerprint density at radius 1 is 0.929 bits per heavy atom. The molecule has 3 rings (SSSR count). The minimum Gasteiger partial charge on any atom is -0.378 e. The first kappa shape index (κ1) is 19.1. The lowest BCUT2D eigenvalue weighted by molar-refractivity contribution is 0.0955. The number of nitrogens with zero attached hydrogens (tertiary/aromatic N) is 4. The van der Waals surface area contributed by atoms with E-state index < -0.39 is 0 Å². The number of hydrogen-bond donors (Lipinski definition) is 3. The van der Waals surface area contributed by atoms with Gasteiger partial charge in [-0.1, -0.05) is 12.1 Å². The van der Waals surface area contributed by atoms with Gasteiger partial charge in [-0.15, -0.1) is 10.2 Å². The number of pyridine rings is 1. The molecule has 2 aromatic heterocycles. The van der Waals surface area contributed by atoms with Crippen molar-refractivity contribution in [3.63, 3.8) is 0 Å². The fourth-order valence-corrected chi connectivity index (χ4v) is 2.46. The molecule has 28 heavy (non-hydrogen) atoms. The van der Waals surface area contributed by atoms with Crippen molar-refractivity contribution in [2.75, 3.05) is 42.7 Å². The number of hydrogen-bond acceptors (Lipinski definition) is 7. The number of rotatable bonds is 8. The summed E-state index contributed by atoms with van der Waals surface area (Å²) < 4.78 is 0. The van der Waals surface area contributed by atoms with Crippen LogP contribution in [0.1, 0.15) is 10.4 Å². The SMILES string of the molecule is CN(C)c1cccc(C(=O)NCCNc2ccc(Nc3ccccn3)nn2)c1. The van der Waals surface area contributed by atoms with Crippen LogP contribution < -0.4 is 20.9 Å². The van der Waals surface area contributed by atoms with E-state index in [1.807, 2.05) is 67.5 Å². The van der Waals surface area contributed by atoms with E-state index >= 15 is 0 Å². The first-order valence-electron chi connectivity index (χ1n) is 8.93. The largest absolute Gasteiger partial charge is 0.378 e. The highest BCUT2D eigenvalue weighted by Crippen LogP contribution is 2.13. The molecule has 3 aromatic rings. The molecule has 1 amide bonds. The van der Waals surface area contributed by atoms with Crippen LogP contribution in [-0.4, -0.2) is 48.3 Å². The Bertz CT molecular complexity index is 898. The summed E-state index contributed by atoms with van der Waals surface area (Å²) in [5.41, 5.74) is 1.62. The van der Waals surface area contributed by atoms with Crippen LogP contribution in [0.2, 0.25) is 0 Å². The highest BCUT2D eigenvalue weighted by atomic mass is 16.1. The van der Waals surface area contributed by atoms with Crippen LogP contribution >= 0.6 is 0 Å². The number of amides is 1. The summed E-state index contributed by atoms with van der Waals surface area (Å²) >= 11 is 0. The molecule has 0 unspecified atom stereocenters. The van der Waals surface area contributed by atoms with Gasteiger partial charge in [0.2, 0.25) is 0 Å². The van der Waals surface area contributed by atoms with Crippen molar-refractivity contribution in [3.05, 3.63) is 66.4 Å². The quantitative estimate of drug-likeness (QED) is 0.519. The van der Waals surface area contributed by atoms with Gasteiger partial charge in [0.25, 0.3) is 5.91 Å². The van der Waals surface area contributed by atoms with Gasteiger partial charge in [-0.3, -0.25) is 4.79 Å². The lowest BCUT2D eigenvalue weighted by Gasteiger charge is -2.13. The summed E-state index contributed by atoms with van der Waals surface area (Å²) in [4.78, 5) is 18.4. The highest BCUT2D eigenvalue weighted by Gasteiger charge is 2.06. The molecule has 3 N–H and O–H groups in total. The summed E-state index contributed by atoms with van der Waals surface area (Å²) in [5.74, 6) is 1.85. The second kappa shape index (κ2) is 9.31. The molecule has 1 aromatic carbocycles. The monoisotopic (exact) mass is 377 g/mol. The standard InChI is InChI=1S/C20H23N7O/c1-27(2)16-7-5-6-15(14-16)20(28)23-13-12-22-18-9-10-19(26-25-18)24-17-8-3-4-11-21-17/h3-11,14H,12-13H2,1-2H3,(H,22,25)(H,23,28)(H,21,24,26). The normalized spacial score (nSPS) is 10.2. The molecule has 8 heteroatoms. The van der Waals surface area contributed by atoms with Crippen molar-refractivity contribution < 1.29 is 4.79 Å². The van der Waals surface area contributed by atoms with Crippen molar-refractivity contribution in [1.82, 2.24) is 20.5 Å². The molecule has 0 aliphatic carbocycles. The van der Waals surface area contributed by atoms with Gasteiger partial charge in [0.05, 0.1) is 0 Å². The van der Waals surface area contributed by atoms with Gasteiger partial charge < -0.3 is 20.9 Å². The maximum Gasteiger partial charge on any atom is 0.251 e. The number of benzene rings is 1. The number of anilines is 4. The molecule has 0 saturated heterocycles. The summed E-state index contributed by atoms with van der Waals surface area (Å²) in [7, 11) is 3.89. The third-order valence-corrected chi connectivity index (χ3v) is 3.93. The molecule has 0 atom stereocenters. The average Bonchev–Trinajstić information content (AvgIpc) is 2.73. The Kier molecular flexibility index (Phi) is 6.35. The molecule has 0 radical (unpaired) electrons. The Balaban J connectivity index is 1.43. The molecule has 0 spiro atoms. The van der Waals surface area contributed by atoms with Crippen LogP contribution in [0.3, 0.4) is 0 Å². The summed E-state index contributed by atoms with van der Waals surface area (Å²) in [6, 6.07) is 16.7. The number of carbonyl (C=O) groups is 1. The zero-order valence-corrected chi connectivity index (χ0v) is 15.9. The van der Waals surface area contributed by atoms with Crippen LogP contribution in [0.25, 0.3) is 0 Å². The lowest BCUT2D eigenvalue weighted by Crippen LogP contribution is -2.29. The fraction of sp³-hybridized carbons (Fsp3) is 0.200. The molecule has 2 heterocycles. The van der Waals surface area contributed by atoms with Crippen molar-refractivity contribution >= 4 is 29.0 Å². The third kappa shape index (κ3) is 5.41.